The molecule has 10 amide bonds. The summed E-state index contributed by atoms with van der Waals surface area (Å²) in [7, 11) is 8.82. The fourth-order valence-electron chi connectivity index (χ4n) is 15.7. The maximum Gasteiger partial charge on any atom is 0.414 e. The molecule has 12 rings (SSSR count). The molecule has 2 saturated heterocycles. The van der Waals surface area contributed by atoms with Gasteiger partial charge in [-0.05, 0) is 120 Å². The lowest BCUT2D eigenvalue weighted by atomic mass is 9.93. The van der Waals surface area contributed by atoms with E-state index in [9.17, 15) is 67.1 Å². The smallest absolute Gasteiger partial charge is 0.414 e. The van der Waals surface area contributed by atoms with Gasteiger partial charge < -0.3 is 89.1 Å². The van der Waals surface area contributed by atoms with Crippen LogP contribution in [-0.4, -0.2) is 247 Å². The highest BCUT2D eigenvalue weighted by Gasteiger charge is 2.46. The zero-order chi connectivity index (χ0) is 94.8. The van der Waals surface area contributed by atoms with Crippen molar-refractivity contribution in [2.75, 3.05) is 134 Å². The van der Waals surface area contributed by atoms with E-state index in [-0.39, 0.29) is 202 Å². The molecule has 36 heteroatoms. The number of nitrogens with zero attached hydrogens (tertiary/aromatic N) is 4. The fourth-order valence-corrected chi connectivity index (χ4v) is 18.3. The molecule has 0 saturated carbocycles. The van der Waals surface area contributed by atoms with Crippen molar-refractivity contribution < 1.29 is 114 Å². The molecule has 8 aliphatic heterocycles. The maximum absolute atomic E-state index is 14.9. The van der Waals surface area contributed by atoms with Gasteiger partial charge in [-0.2, -0.15) is 0 Å². The van der Waals surface area contributed by atoms with E-state index in [2.05, 4.69) is 45.1 Å². The molecule has 131 heavy (non-hydrogen) atoms. The van der Waals surface area contributed by atoms with E-state index in [4.69, 9.17) is 47.4 Å². The lowest BCUT2D eigenvalue weighted by Gasteiger charge is -2.33. The van der Waals surface area contributed by atoms with Gasteiger partial charge in [-0.3, -0.25) is 67.3 Å². The topological polar surface area (TPSA) is 416 Å². The minimum Gasteiger partial charge on any atom is -0.493 e. The third kappa shape index (κ3) is 31.4. The predicted octanol–water partition coefficient (Wildman–Crippen LogP) is 11.6. The quantitative estimate of drug-likeness (QED) is 0.0144. The molecule has 4 aromatic rings. The molecule has 8 atom stereocenters. The monoisotopic (exact) mass is 1860 g/mol. The third-order valence-corrected chi connectivity index (χ3v) is 26.6. The van der Waals surface area contributed by atoms with Crippen molar-refractivity contribution in [3.8, 4) is 23.0 Å². The molecule has 1 unspecified atom stereocenters. The molecule has 0 spiro atoms. The first-order valence-electron chi connectivity index (χ1n) is 44.8. The molecule has 6 N–H and O–H groups in total. The van der Waals surface area contributed by atoms with Crippen molar-refractivity contribution in [3.05, 3.63) is 119 Å². The fraction of sp³-hybridized carbons (Fsp3) is 0.558. The van der Waals surface area contributed by atoms with Gasteiger partial charge in [0.25, 0.3) is 11.8 Å². The van der Waals surface area contributed by atoms with Crippen molar-refractivity contribution in [1.82, 2.24) is 31.1 Å². The zero-order valence-electron chi connectivity index (χ0n) is 76.9. The van der Waals surface area contributed by atoms with E-state index in [1.807, 2.05) is 27.7 Å². The molecule has 8 bridgehead atoms. The largest absolute Gasteiger partial charge is 0.493 e. The van der Waals surface area contributed by atoms with Gasteiger partial charge in [0.2, 0.25) is 35.4 Å². The molecular weight excluding hydrogens is 1730 g/mol. The lowest BCUT2D eigenvalue weighted by molar-refractivity contribution is -0.134. The number of hydrogen-bond donors (Lipinski definition) is 6. The summed E-state index contributed by atoms with van der Waals surface area (Å²) in [6.45, 7) is 20.4. The molecule has 0 aliphatic carbocycles. The number of fused-ring (bicyclic) bond motifs is 2. The Morgan fingerprint density at radius 3 is 1.73 bits per heavy atom. The summed E-state index contributed by atoms with van der Waals surface area (Å²) in [4.78, 5) is 204. The Morgan fingerprint density at radius 2 is 1.12 bits per heavy atom. The summed E-state index contributed by atoms with van der Waals surface area (Å²) in [6, 6.07) is 13.5. The number of carbonyl (C=O) groups is 14. The van der Waals surface area contributed by atoms with Gasteiger partial charge >= 0.3 is 12.2 Å². The second-order valence-corrected chi connectivity index (χ2v) is 37.3. The number of methoxy groups -OCH3 is 4. The summed E-state index contributed by atoms with van der Waals surface area (Å²) >= 11 is 0. The number of carbonyl (C=O) groups excluding carboxylic acids is 14. The van der Waals surface area contributed by atoms with E-state index in [0.29, 0.717) is 101 Å². The van der Waals surface area contributed by atoms with Gasteiger partial charge in [0, 0.05) is 137 Å². The van der Waals surface area contributed by atoms with Crippen LogP contribution >= 0.6 is 21.6 Å². The molecule has 4 aromatic carbocycles. The second kappa shape index (κ2) is 51.8. The lowest BCUT2D eigenvalue weighted by Crippen LogP contribution is -2.49. The summed E-state index contributed by atoms with van der Waals surface area (Å²) in [5.41, 5.74) is 3.84. The van der Waals surface area contributed by atoms with Gasteiger partial charge in [0.15, 0.2) is 28.8 Å². The molecule has 34 nitrogen and oxygen atoms in total. The van der Waals surface area contributed by atoms with Gasteiger partial charge in [0.05, 0.1) is 114 Å². The predicted molar refractivity (Wildman–Crippen MR) is 495 cm³/mol. The molecule has 0 radical (unpaired) electrons. The number of nitrogens with one attached hydrogen (secondary N) is 6. The molecule has 8 heterocycles. The van der Waals surface area contributed by atoms with Crippen LogP contribution in [0, 0.1) is 11.8 Å². The Hall–Kier alpha value is -10.9. The standard InChI is InChI=1S/C95H128N10O24S2/c1-13-69(106)31-34-95(7,8)131-130-43-33-85(110)99-76-48-71(108)46-61(4)87(112)100-75(22-17-18-35-96-86(111)58-125-42-40-121-10)90(115)98-66-27-23-64(24-28-66)56-128-93(118)104-55-68-44-59(2)53-102(68)91(116)72-49-81(122-11)83(51-78(72)104)126-36-19-37-127-84-52-79-73(50-82(84)123-12)92(117)103-54-60(3)45-77(103)63(6)105(79)94(119)129-57-65-25-29-67(30-26-65)97-89(114)74(101-88(113)62(5)47-80(76)109)21-16-14-15-20-70(107)32-38-124-41-39-120-9/h23-30,49-52,61-63,68,74-77H,2-3,13-22,31-48,53-58H2,1,4-12H3,(H,96,111)(H,97,114)(H,98,115)(H,99,110)(H,100,112)(H,101,113)/t61-,62-,63?,68+,74+,75+,76-,77+/m1/s1. The third-order valence-electron chi connectivity index (χ3n) is 23.3. The summed E-state index contributed by atoms with van der Waals surface area (Å²) in [5.74, 6) is -6.80. The first-order valence-corrected chi connectivity index (χ1v) is 47.2. The Labute approximate surface area is 773 Å². The number of ketones is 4. The average Bonchev–Trinajstić information content (AvgIpc) is 1.62. The number of rotatable bonds is 34. The van der Waals surface area contributed by atoms with E-state index >= 15 is 0 Å². The van der Waals surface area contributed by atoms with Crippen molar-refractivity contribution in [2.24, 2.45) is 11.8 Å². The van der Waals surface area contributed by atoms with Crippen LogP contribution in [0.25, 0.3) is 0 Å². The number of hydrogen-bond acceptors (Lipinski definition) is 26. The highest BCUT2D eigenvalue weighted by Crippen LogP contribution is 2.45. The summed E-state index contributed by atoms with van der Waals surface area (Å²) in [5, 5.41) is 16.9. The van der Waals surface area contributed by atoms with Crippen LogP contribution < -0.4 is 60.6 Å². The number of ether oxygens (including phenoxy) is 10. The van der Waals surface area contributed by atoms with Crippen LogP contribution in [0.2, 0.25) is 0 Å². The van der Waals surface area contributed by atoms with Crippen LogP contribution in [0.3, 0.4) is 0 Å². The van der Waals surface area contributed by atoms with Crippen LogP contribution in [0.1, 0.15) is 195 Å². The number of Topliss-reactive ketones (excluding diaryl/α,β-unsaturated/α-hetero) is 4. The Kier molecular flexibility index (Phi) is 41.0. The second-order valence-electron chi connectivity index (χ2n) is 34.1. The number of benzene rings is 4. The molecular formula is C95H128N10O24S2. The number of unbranched alkanes of at least 4 members (excludes halogenated alkanes) is 3. The number of amides is 10. The zero-order valence-corrected chi connectivity index (χ0v) is 78.5. The van der Waals surface area contributed by atoms with Crippen molar-refractivity contribution in [2.45, 2.75) is 218 Å². The normalized spacial score (nSPS) is 20.8. The average molecular weight is 1860 g/mol. The maximum atomic E-state index is 14.9. The Balaban J connectivity index is 1.00. The SMILES string of the molecule is C=C1C[C@H]2CN3C(=O)OCc4ccc(cc4)NC(=O)[C@H](CCCCNC(=O)COCCOC)NC(=O)[C@H](C)CC(=O)C[C@@H](NC(=O)CCSSC(C)(C)CCC(=O)CC)C(=O)C[C@@H](C)C(=O)N[C@@H](CCCCCC(=O)CCOCCOC)C(=O)Nc4ccc(cc4)COC(=O)N4c5cc(c(OC)cc5C(=O)N5CC(=C)C[C@H]5C4C)OCCCOc4cc3c(cc4OC)C(=O)N2C1. The van der Waals surface area contributed by atoms with E-state index in [0.717, 1.165) is 11.1 Å². The Bertz CT molecular complexity index is 4700. The minimum atomic E-state index is -1.49. The van der Waals surface area contributed by atoms with E-state index in [1.54, 1.807) is 77.6 Å². The van der Waals surface area contributed by atoms with Crippen LogP contribution in [0.5, 0.6) is 23.0 Å². The van der Waals surface area contributed by atoms with Gasteiger partial charge in [0.1, 0.15) is 49.3 Å². The van der Waals surface area contributed by atoms with Gasteiger partial charge in [-0.25, -0.2) is 9.59 Å². The van der Waals surface area contributed by atoms with Crippen molar-refractivity contribution in [3.63, 3.8) is 0 Å². The van der Waals surface area contributed by atoms with E-state index in [1.165, 1.54) is 78.7 Å². The summed E-state index contributed by atoms with van der Waals surface area (Å²) in [6.07, 6.45) is 1.84. The van der Waals surface area contributed by atoms with Crippen molar-refractivity contribution >= 4 is 127 Å². The first kappa shape index (κ1) is 104. The van der Waals surface area contributed by atoms with Crippen LogP contribution in [-0.2, 0) is 89.6 Å². The molecule has 8 aliphatic rings. The minimum absolute atomic E-state index is 0.00856. The van der Waals surface area contributed by atoms with Gasteiger partial charge in [-0.1, -0.05) is 104 Å². The Morgan fingerprint density at radius 1 is 0.565 bits per heavy atom. The van der Waals surface area contributed by atoms with Crippen LogP contribution in [0.4, 0.5) is 32.3 Å². The van der Waals surface area contributed by atoms with Crippen LogP contribution in [0.15, 0.2) is 97.1 Å². The van der Waals surface area contributed by atoms with Gasteiger partial charge in [-0.15, -0.1) is 0 Å². The molecule has 714 valence electrons. The van der Waals surface area contributed by atoms with E-state index < -0.39 is 121 Å². The highest BCUT2D eigenvalue weighted by atomic mass is 33.1. The molecule has 2 fully saturated rings. The number of anilines is 4. The first-order chi connectivity index (χ1) is 62.8. The molecule has 0 aromatic heterocycles. The summed E-state index contributed by atoms with van der Waals surface area (Å²) < 4.78 is 57.1. The van der Waals surface area contributed by atoms with Crippen molar-refractivity contribution in [1.29, 1.82) is 0 Å². The highest BCUT2D eigenvalue weighted by molar-refractivity contribution is 8.77.